The molecule has 0 unspecified atom stereocenters. The summed E-state index contributed by atoms with van der Waals surface area (Å²) in [5.74, 6) is 2.08. The molecule has 0 aliphatic rings. The molecule has 1 heterocycles. The Morgan fingerprint density at radius 2 is 1.87 bits per heavy atom. The molecule has 8 nitrogen and oxygen atoms in total. The van der Waals surface area contributed by atoms with E-state index in [-0.39, 0.29) is 5.91 Å². The Morgan fingerprint density at radius 3 is 2.55 bits per heavy atom. The third-order valence-corrected chi connectivity index (χ3v) is 4.41. The lowest BCUT2D eigenvalue weighted by Crippen LogP contribution is -2.17. The molecule has 0 saturated heterocycles. The summed E-state index contributed by atoms with van der Waals surface area (Å²) in [6, 6.07) is 12.5. The van der Waals surface area contributed by atoms with E-state index in [0.717, 1.165) is 17.0 Å². The van der Waals surface area contributed by atoms with Crippen molar-refractivity contribution in [3.05, 3.63) is 59.8 Å². The normalized spacial score (nSPS) is 11.0. The van der Waals surface area contributed by atoms with Gasteiger partial charge in [0.15, 0.2) is 11.5 Å². The van der Waals surface area contributed by atoms with Crippen LogP contribution in [0.3, 0.4) is 0 Å². The first-order valence-electron chi connectivity index (χ1n) is 9.83. The molecule has 0 radical (unpaired) electrons. The number of hydrogen-bond donors (Lipinski definition) is 2. The number of nitrogens with one attached hydrogen (secondary N) is 2. The molecule has 3 aromatic rings. The number of aromatic amines is 1. The van der Waals surface area contributed by atoms with E-state index < -0.39 is 0 Å². The van der Waals surface area contributed by atoms with E-state index in [9.17, 15) is 4.79 Å². The SMILES string of the molecule is COc1ccc(-c2[nH]ncc2/C=N/NC(=O)c2ccc(OCC(C)C)cc2)cc1OC. The molecule has 2 N–H and O–H groups in total. The number of hydrazone groups is 1. The van der Waals surface area contributed by atoms with Crippen molar-refractivity contribution >= 4 is 12.1 Å². The molecule has 2 aromatic carbocycles. The minimum absolute atomic E-state index is 0.317. The summed E-state index contributed by atoms with van der Waals surface area (Å²) in [5.41, 5.74) is 5.32. The molecule has 0 saturated carbocycles. The second-order valence-corrected chi connectivity index (χ2v) is 7.20. The van der Waals surface area contributed by atoms with Gasteiger partial charge in [0.2, 0.25) is 0 Å². The Morgan fingerprint density at radius 1 is 1.13 bits per heavy atom. The van der Waals surface area contributed by atoms with Crippen LogP contribution in [0.5, 0.6) is 17.2 Å². The van der Waals surface area contributed by atoms with Crippen LogP contribution in [-0.2, 0) is 0 Å². The molecule has 31 heavy (non-hydrogen) atoms. The molecule has 0 bridgehead atoms. The van der Waals surface area contributed by atoms with Crippen LogP contribution in [0.2, 0.25) is 0 Å². The van der Waals surface area contributed by atoms with Crippen LogP contribution >= 0.6 is 0 Å². The second-order valence-electron chi connectivity index (χ2n) is 7.20. The van der Waals surface area contributed by atoms with Gasteiger partial charge in [-0.25, -0.2) is 5.43 Å². The predicted octanol–water partition coefficient (Wildman–Crippen LogP) is 3.89. The quantitative estimate of drug-likeness (QED) is 0.403. The van der Waals surface area contributed by atoms with Gasteiger partial charge in [0.1, 0.15) is 5.75 Å². The van der Waals surface area contributed by atoms with E-state index in [4.69, 9.17) is 14.2 Å². The summed E-state index contributed by atoms with van der Waals surface area (Å²) in [6.45, 7) is 4.79. The fraction of sp³-hybridized carbons (Fsp3) is 0.261. The molecular formula is C23H26N4O4. The predicted molar refractivity (Wildman–Crippen MR) is 119 cm³/mol. The minimum Gasteiger partial charge on any atom is -0.493 e. The van der Waals surface area contributed by atoms with Gasteiger partial charge in [-0.1, -0.05) is 13.8 Å². The molecule has 1 aromatic heterocycles. The number of carbonyl (C=O) groups excluding carboxylic acids is 1. The van der Waals surface area contributed by atoms with Crippen molar-refractivity contribution in [1.82, 2.24) is 15.6 Å². The van der Waals surface area contributed by atoms with E-state index in [1.807, 2.05) is 18.2 Å². The zero-order chi connectivity index (χ0) is 22.2. The first-order chi connectivity index (χ1) is 15.0. The van der Waals surface area contributed by atoms with E-state index in [1.54, 1.807) is 44.7 Å². The van der Waals surface area contributed by atoms with Gasteiger partial charge in [-0.2, -0.15) is 10.2 Å². The van der Waals surface area contributed by atoms with E-state index >= 15 is 0 Å². The van der Waals surface area contributed by atoms with Crippen molar-refractivity contribution in [2.45, 2.75) is 13.8 Å². The lowest BCUT2D eigenvalue weighted by Gasteiger charge is -2.09. The van der Waals surface area contributed by atoms with Crippen molar-refractivity contribution in [2.75, 3.05) is 20.8 Å². The minimum atomic E-state index is -0.317. The van der Waals surface area contributed by atoms with Gasteiger partial charge < -0.3 is 14.2 Å². The summed E-state index contributed by atoms with van der Waals surface area (Å²) in [4.78, 5) is 12.3. The number of methoxy groups -OCH3 is 2. The zero-order valence-corrected chi connectivity index (χ0v) is 18.0. The van der Waals surface area contributed by atoms with Crippen molar-refractivity contribution in [3.8, 4) is 28.5 Å². The molecular weight excluding hydrogens is 396 g/mol. The highest BCUT2D eigenvalue weighted by Crippen LogP contribution is 2.32. The van der Waals surface area contributed by atoms with E-state index in [1.165, 1.54) is 6.21 Å². The number of aromatic nitrogens is 2. The molecule has 0 fully saturated rings. The highest BCUT2D eigenvalue weighted by Gasteiger charge is 2.11. The average molecular weight is 422 g/mol. The summed E-state index contributed by atoms with van der Waals surface area (Å²) in [5, 5.41) is 11.1. The highest BCUT2D eigenvalue weighted by atomic mass is 16.5. The Kier molecular flexibility index (Phi) is 7.26. The number of carbonyl (C=O) groups is 1. The molecule has 162 valence electrons. The van der Waals surface area contributed by atoms with Gasteiger partial charge in [-0.3, -0.25) is 9.89 Å². The van der Waals surface area contributed by atoms with E-state index in [2.05, 4.69) is 34.6 Å². The fourth-order valence-electron chi connectivity index (χ4n) is 2.81. The lowest BCUT2D eigenvalue weighted by molar-refractivity contribution is 0.0955. The maximum Gasteiger partial charge on any atom is 0.271 e. The van der Waals surface area contributed by atoms with E-state index in [0.29, 0.717) is 35.2 Å². The molecule has 3 rings (SSSR count). The third-order valence-electron chi connectivity index (χ3n) is 4.41. The highest BCUT2D eigenvalue weighted by molar-refractivity contribution is 5.95. The maximum atomic E-state index is 12.3. The van der Waals surface area contributed by atoms with Gasteiger partial charge in [-0.05, 0) is 48.4 Å². The van der Waals surface area contributed by atoms with Crippen LogP contribution < -0.4 is 19.6 Å². The average Bonchev–Trinajstić information content (AvgIpc) is 3.26. The summed E-state index contributed by atoms with van der Waals surface area (Å²) in [7, 11) is 3.16. The van der Waals surface area contributed by atoms with Crippen molar-refractivity contribution < 1.29 is 19.0 Å². The topological polar surface area (TPSA) is 97.8 Å². The fourth-order valence-corrected chi connectivity index (χ4v) is 2.81. The Balaban J connectivity index is 1.66. The number of hydrogen-bond acceptors (Lipinski definition) is 6. The number of ether oxygens (including phenoxy) is 3. The van der Waals surface area contributed by atoms with Crippen molar-refractivity contribution in [2.24, 2.45) is 11.0 Å². The Bertz CT molecular complexity index is 1040. The van der Waals surface area contributed by atoms with Crippen molar-refractivity contribution in [1.29, 1.82) is 0 Å². The number of nitrogens with zero attached hydrogens (tertiary/aromatic N) is 2. The molecule has 8 heteroatoms. The lowest BCUT2D eigenvalue weighted by atomic mass is 10.1. The molecule has 0 aliphatic carbocycles. The standard InChI is InChI=1S/C23H26N4O4/c1-15(2)14-31-19-8-5-16(6-9-19)23(28)27-25-13-18-12-24-26-22(18)17-7-10-20(29-3)21(11-17)30-4/h5-13,15H,14H2,1-4H3,(H,24,26)(H,27,28)/b25-13+. The number of H-pyrrole nitrogens is 1. The van der Waals surface area contributed by atoms with Gasteiger partial charge >= 0.3 is 0 Å². The van der Waals surface area contributed by atoms with Crippen LogP contribution in [0.1, 0.15) is 29.8 Å². The Labute approximate surface area is 181 Å². The number of benzene rings is 2. The molecule has 0 spiro atoms. The second kappa shape index (κ2) is 10.3. The third kappa shape index (κ3) is 5.63. The van der Waals surface area contributed by atoms with Gasteiger partial charge in [0.05, 0.1) is 38.9 Å². The number of rotatable bonds is 9. The van der Waals surface area contributed by atoms with Gasteiger partial charge in [0.25, 0.3) is 5.91 Å². The maximum absolute atomic E-state index is 12.3. The molecule has 0 aliphatic heterocycles. The molecule has 0 atom stereocenters. The zero-order valence-electron chi connectivity index (χ0n) is 18.0. The first kappa shape index (κ1) is 21.9. The summed E-state index contributed by atoms with van der Waals surface area (Å²) in [6.07, 6.45) is 3.16. The van der Waals surface area contributed by atoms with Crippen LogP contribution in [0.25, 0.3) is 11.3 Å². The van der Waals surface area contributed by atoms with Crippen molar-refractivity contribution in [3.63, 3.8) is 0 Å². The summed E-state index contributed by atoms with van der Waals surface area (Å²) >= 11 is 0. The van der Waals surface area contributed by atoms with Crippen LogP contribution in [0.4, 0.5) is 0 Å². The largest absolute Gasteiger partial charge is 0.493 e. The Hall–Kier alpha value is -3.81. The number of amides is 1. The monoisotopic (exact) mass is 422 g/mol. The first-order valence-corrected chi connectivity index (χ1v) is 9.83. The van der Waals surface area contributed by atoms with Crippen LogP contribution in [0.15, 0.2) is 53.8 Å². The van der Waals surface area contributed by atoms with Crippen LogP contribution in [-0.4, -0.2) is 43.1 Å². The van der Waals surface area contributed by atoms with Gasteiger partial charge in [-0.15, -0.1) is 0 Å². The van der Waals surface area contributed by atoms with Gasteiger partial charge in [0, 0.05) is 16.7 Å². The van der Waals surface area contributed by atoms with Crippen LogP contribution in [0, 0.1) is 5.92 Å². The smallest absolute Gasteiger partial charge is 0.271 e. The molecule has 1 amide bonds. The summed E-state index contributed by atoms with van der Waals surface area (Å²) < 4.78 is 16.3.